The number of rotatable bonds is 3. The normalized spacial score (nSPS) is 20.1. The third kappa shape index (κ3) is 2.67. The van der Waals surface area contributed by atoms with Crippen molar-refractivity contribution in [3.05, 3.63) is 35.4 Å². The smallest absolute Gasteiger partial charge is 0.323 e. The lowest BCUT2D eigenvalue weighted by Gasteiger charge is -2.22. The average Bonchev–Trinajstić information content (AvgIpc) is 2.81. The first-order valence-corrected chi connectivity index (χ1v) is 5.87. The van der Waals surface area contributed by atoms with Crippen molar-refractivity contribution in [3.8, 4) is 0 Å². The molecular weight excluding hydrogens is 240 g/mol. The highest BCUT2D eigenvalue weighted by molar-refractivity contribution is 5.75. The van der Waals surface area contributed by atoms with Gasteiger partial charge in [0.15, 0.2) is 11.6 Å². The maximum atomic E-state index is 13.1. The molecule has 1 fully saturated rings. The summed E-state index contributed by atoms with van der Waals surface area (Å²) in [5.41, 5.74) is 0.657. The Labute approximate surface area is 104 Å². The van der Waals surface area contributed by atoms with E-state index in [0.717, 1.165) is 25.5 Å². The molecule has 1 aliphatic rings. The van der Waals surface area contributed by atoms with E-state index in [1.54, 1.807) is 0 Å². The highest BCUT2D eigenvalue weighted by Gasteiger charge is 2.31. The number of hydrogen-bond acceptors (Lipinski definition) is 3. The van der Waals surface area contributed by atoms with Gasteiger partial charge in [-0.3, -0.25) is 9.69 Å². The molecule has 1 heterocycles. The van der Waals surface area contributed by atoms with Crippen LogP contribution in [0.5, 0.6) is 0 Å². The molecule has 98 valence electrons. The minimum absolute atomic E-state index is 0.268. The molecule has 0 N–H and O–H groups in total. The Bertz CT molecular complexity index is 451. The number of benzene rings is 1. The fourth-order valence-corrected chi connectivity index (χ4v) is 2.29. The summed E-state index contributed by atoms with van der Waals surface area (Å²) in [6.07, 6.45) is 1.65. The number of ether oxygens (including phenoxy) is 1. The van der Waals surface area contributed by atoms with Gasteiger partial charge in [-0.15, -0.1) is 0 Å². The monoisotopic (exact) mass is 255 g/mol. The number of hydrogen-bond donors (Lipinski definition) is 0. The fourth-order valence-electron chi connectivity index (χ4n) is 2.29. The lowest BCUT2D eigenvalue weighted by Crippen LogP contribution is -2.36. The van der Waals surface area contributed by atoms with Gasteiger partial charge in [-0.25, -0.2) is 8.78 Å². The molecule has 1 saturated heterocycles. The number of carbonyl (C=O) groups is 1. The Morgan fingerprint density at radius 1 is 1.44 bits per heavy atom. The van der Waals surface area contributed by atoms with E-state index in [1.807, 2.05) is 4.90 Å². The number of nitrogens with zero attached hydrogens (tertiary/aromatic N) is 1. The third-order valence-electron chi connectivity index (χ3n) is 3.21. The molecule has 0 amide bonds. The maximum Gasteiger partial charge on any atom is 0.323 e. The summed E-state index contributed by atoms with van der Waals surface area (Å²) in [4.78, 5) is 13.5. The van der Waals surface area contributed by atoms with Gasteiger partial charge in [0.05, 0.1) is 7.11 Å². The Morgan fingerprint density at radius 3 is 2.89 bits per heavy atom. The standard InChI is InChI=1S/C13H15F2NO2/c1-18-13(17)12-3-2-6-16(12)8-9-4-5-10(14)11(15)7-9/h4-5,7,12H,2-3,6,8H2,1H3. The summed E-state index contributed by atoms with van der Waals surface area (Å²) in [5, 5.41) is 0. The van der Waals surface area contributed by atoms with E-state index in [4.69, 9.17) is 4.74 Å². The van der Waals surface area contributed by atoms with Gasteiger partial charge in [0.2, 0.25) is 0 Å². The molecule has 0 aliphatic carbocycles. The Balaban J connectivity index is 2.08. The van der Waals surface area contributed by atoms with Crippen LogP contribution in [0.25, 0.3) is 0 Å². The van der Waals surface area contributed by atoms with Gasteiger partial charge < -0.3 is 4.74 Å². The fraction of sp³-hybridized carbons (Fsp3) is 0.462. The molecule has 1 unspecified atom stereocenters. The molecule has 0 radical (unpaired) electrons. The first kappa shape index (κ1) is 13.0. The van der Waals surface area contributed by atoms with Crippen LogP contribution in [-0.2, 0) is 16.1 Å². The van der Waals surface area contributed by atoms with E-state index in [0.29, 0.717) is 12.1 Å². The Morgan fingerprint density at radius 2 is 2.22 bits per heavy atom. The zero-order valence-electron chi connectivity index (χ0n) is 10.2. The van der Waals surface area contributed by atoms with Crippen LogP contribution in [-0.4, -0.2) is 30.6 Å². The van der Waals surface area contributed by atoms with Gasteiger partial charge in [0, 0.05) is 6.54 Å². The van der Waals surface area contributed by atoms with Gasteiger partial charge >= 0.3 is 5.97 Å². The topological polar surface area (TPSA) is 29.5 Å². The number of halogens is 2. The lowest BCUT2D eigenvalue weighted by atomic mass is 10.1. The van der Waals surface area contributed by atoms with E-state index in [2.05, 4.69) is 0 Å². The Hall–Kier alpha value is -1.49. The van der Waals surface area contributed by atoms with Crippen molar-refractivity contribution in [3.63, 3.8) is 0 Å². The zero-order chi connectivity index (χ0) is 13.1. The van der Waals surface area contributed by atoms with Crippen molar-refractivity contribution in [2.75, 3.05) is 13.7 Å². The SMILES string of the molecule is COC(=O)C1CCCN1Cc1ccc(F)c(F)c1. The minimum Gasteiger partial charge on any atom is -0.468 e. The van der Waals surface area contributed by atoms with Crippen molar-refractivity contribution >= 4 is 5.97 Å². The van der Waals surface area contributed by atoms with Gasteiger partial charge in [-0.2, -0.15) is 0 Å². The van der Waals surface area contributed by atoms with Crippen LogP contribution in [0.3, 0.4) is 0 Å². The van der Waals surface area contributed by atoms with Gasteiger partial charge in [0.1, 0.15) is 6.04 Å². The molecule has 2 rings (SSSR count). The molecule has 0 bridgehead atoms. The van der Waals surface area contributed by atoms with Gasteiger partial charge in [-0.05, 0) is 37.1 Å². The zero-order valence-corrected chi connectivity index (χ0v) is 10.2. The van der Waals surface area contributed by atoms with Crippen molar-refractivity contribution < 1.29 is 18.3 Å². The molecule has 1 aliphatic heterocycles. The number of methoxy groups -OCH3 is 1. The van der Waals surface area contributed by atoms with Crippen LogP contribution in [0.2, 0.25) is 0 Å². The van der Waals surface area contributed by atoms with Crippen molar-refractivity contribution in [1.29, 1.82) is 0 Å². The lowest BCUT2D eigenvalue weighted by molar-refractivity contribution is -0.146. The highest BCUT2D eigenvalue weighted by atomic mass is 19.2. The minimum atomic E-state index is -0.860. The summed E-state index contributed by atoms with van der Waals surface area (Å²) in [6.45, 7) is 1.19. The molecule has 5 heteroatoms. The van der Waals surface area contributed by atoms with E-state index in [9.17, 15) is 13.6 Å². The largest absolute Gasteiger partial charge is 0.468 e. The number of carbonyl (C=O) groups excluding carboxylic acids is 1. The van der Waals surface area contributed by atoms with Crippen molar-refractivity contribution in [2.45, 2.75) is 25.4 Å². The molecule has 1 atom stereocenters. The second-order valence-corrected chi connectivity index (χ2v) is 4.40. The summed E-state index contributed by atoms with van der Waals surface area (Å²) in [6, 6.07) is 3.53. The van der Waals surface area contributed by atoms with Crippen LogP contribution in [0.15, 0.2) is 18.2 Å². The first-order chi connectivity index (χ1) is 8.61. The second-order valence-electron chi connectivity index (χ2n) is 4.40. The van der Waals surface area contributed by atoms with Crippen LogP contribution in [0, 0.1) is 11.6 Å². The van der Waals surface area contributed by atoms with Crippen LogP contribution in [0.1, 0.15) is 18.4 Å². The quantitative estimate of drug-likeness (QED) is 0.775. The molecule has 0 spiro atoms. The summed E-state index contributed by atoms with van der Waals surface area (Å²) in [5.74, 6) is -1.99. The van der Waals surface area contributed by atoms with Crippen molar-refractivity contribution in [1.82, 2.24) is 4.90 Å². The predicted octanol–water partition coefficient (Wildman–Crippen LogP) is 2.10. The molecule has 0 saturated carbocycles. The average molecular weight is 255 g/mol. The predicted molar refractivity (Wildman–Crippen MR) is 61.8 cm³/mol. The molecule has 1 aromatic rings. The molecular formula is C13H15F2NO2. The number of likely N-dealkylation sites (tertiary alicyclic amines) is 1. The van der Waals surface area contributed by atoms with Crippen LogP contribution >= 0.6 is 0 Å². The van der Waals surface area contributed by atoms with Crippen molar-refractivity contribution in [2.24, 2.45) is 0 Å². The molecule has 3 nitrogen and oxygen atoms in total. The Kier molecular flexibility index (Phi) is 3.91. The molecule has 0 aromatic heterocycles. The van der Waals surface area contributed by atoms with Crippen LogP contribution in [0.4, 0.5) is 8.78 Å². The number of esters is 1. The van der Waals surface area contributed by atoms with E-state index < -0.39 is 11.6 Å². The summed E-state index contributed by atoms with van der Waals surface area (Å²) < 4.78 is 30.6. The first-order valence-electron chi connectivity index (χ1n) is 5.87. The molecule has 1 aromatic carbocycles. The summed E-state index contributed by atoms with van der Waals surface area (Å²) in [7, 11) is 1.36. The highest BCUT2D eigenvalue weighted by Crippen LogP contribution is 2.21. The van der Waals surface area contributed by atoms with E-state index in [-0.39, 0.29) is 12.0 Å². The van der Waals surface area contributed by atoms with E-state index >= 15 is 0 Å². The van der Waals surface area contributed by atoms with E-state index in [1.165, 1.54) is 19.2 Å². The van der Waals surface area contributed by atoms with Gasteiger partial charge in [0.25, 0.3) is 0 Å². The second kappa shape index (κ2) is 5.44. The van der Waals surface area contributed by atoms with Gasteiger partial charge in [-0.1, -0.05) is 6.07 Å². The maximum absolute atomic E-state index is 13.1. The summed E-state index contributed by atoms with van der Waals surface area (Å²) >= 11 is 0. The van der Waals surface area contributed by atoms with Crippen LogP contribution < -0.4 is 0 Å². The molecule has 18 heavy (non-hydrogen) atoms. The third-order valence-corrected chi connectivity index (χ3v) is 3.21.